The number of carbonyl (C=O) groups excluding carboxylic acids is 2. The number of anilines is 1. The van der Waals surface area contributed by atoms with Crippen LogP contribution in [0.25, 0.3) is 0 Å². The molecule has 1 aliphatic heterocycles. The van der Waals surface area contributed by atoms with Crippen LogP contribution in [0.4, 0.5) is 5.13 Å². The van der Waals surface area contributed by atoms with E-state index in [1.165, 1.54) is 11.3 Å². The van der Waals surface area contributed by atoms with Crippen molar-refractivity contribution in [2.24, 2.45) is 5.92 Å². The molecule has 1 unspecified atom stereocenters. The van der Waals surface area contributed by atoms with Gasteiger partial charge in [0.2, 0.25) is 5.91 Å². The second kappa shape index (κ2) is 7.35. The van der Waals surface area contributed by atoms with E-state index in [0.29, 0.717) is 24.0 Å². The predicted molar refractivity (Wildman–Crippen MR) is 76.7 cm³/mol. The maximum Gasteiger partial charge on any atom is 0.311 e. The summed E-state index contributed by atoms with van der Waals surface area (Å²) in [4.78, 5) is 27.6. The van der Waals surface area contributed by atoms with Crippen LogP contribution in [-0.4, -0.2) is 36.6 Å². The maximum atomic E-state index is 12.0. The van der Waals surface area contributed by atoms with Gasteiger partial charge in [-0.1, -0.05) is 0 Å². The van der Waals surface area contributed by atoms with Crippen LogP contribution in [0.15, 0.2) is 5.38 Å². The summed E-state index contributed by atoms with van der Waals surface area (Å²) in [5.74, 6) is -0.303. The lowest BCUT2D eigenvalue weighted by Gasteiger charge is -2.21. The van der Waals surface area contributed by atoms with Crippen LogP contribution in [0, 0.1) is 5.92 Å². The molecule has 2 heterocycles. The number of ether oxygens (including phenoxy) is 1. The fraction of sp³-hybridized carbons (Fsp3) is 0.615. The van der Waals surface area contributed by atoms with Crippen molar-refractivity contribution in [3.8, 4) is 0 Å². The van der Waals surface area contributed by atoms with Crippen LogP contribution in [0.1, 0.15) is 25.5 Å². The van der Waals surface area contributed by atoms with Crippen molar-refractivity contribution in [1.29, 1.82) is 0 Å². The van der Waals surface area contributed by atoms with Crippen LogP contribution in [0.2, 0.25) is 0 Å². The molecule has 7 heteroatoms. The Bertz CT molecular complexity index is 469. The molecular formula is C13H19N3O3S. The molecule has 20 heavy (non-hydrogen) atoms. The minimum absolute atomic E-state index is 0.00107. The Morgan fingerprint density at radius 2 is 2.45 bits per heavy atom. The van der Waals surface area contributed by atoms with Gasteiger partial charge in [-0.25, -0.2) is 4.98 Å². The van der Waals surface area contributed by atoms with Crippen molar-refractivity contribution < 1.29 is 14.3 Å². The SMILES string of the molecule is CCOC(=O)Cc1csc(NC(=O)C2CCCNC2)n1. The number of aromatic nitrogens is 1. The zero-order valence-corrected chi connectivity index (χ0v) is 12.3. The zero-order chi connectivity index (χ0) is 14.4. The van der Waals surface area contributed by atoms with E-state index in [4.69, 9.17) is 4.74 Å². The number of carbonyl (C=O) groups is 2. The third kappa shape index (κ3) is 4.28. The molecule has 0 spiro atoms. The second-order valence-corrected chi connectivity index (χ2v) is 5.52. The minimum Gasteiger partial charge on any atom is -0.466 e. The Morgan fingerprint density at radius 1 is 1.60 bits per heavy atom. The molecular weight excluding hydrogens is 278 g/mol. The van der Waals surface area contributed by atoms with Crippen LogP contribution < -0.4 is 10.6 Å². The van der Waals surface area contributed by atoms with Gasteiger partial charge in [0, 0.05) is 11.9 Å². The van der Waals surface area contributed by atoms with Gasteiger partial charge in [0.05, 0.1) is 24.6 Å². The number of esters is 1. The summed E-state index contributed by atoms with van der Waals surface area (Å²) in [5.41, 5.74) is 0.630. The summed E-state index contributed by atoms with van der Waals surface area (Å²) in [6, 6.07) is 0. The second-order valence-electron chi connectivity index (χ2n) is 4.66. The third-order valence-corrected chi connectivity index (χ3v) is 3.89. The van der Waals surface area contributed by atoms with Crippen molar-refractivity contribution in [1.82, 2.24) is 10.3 Å². The molecule has 1 fully saturated rings. The first-order valence-electron chi connectivity index (χ1n) is 6.80. The van der Waals surface area contributed by atoms with Gasteiger partial charge >= 0.3 is 5.97 Å². The fourth-order valence-corrected chi connectivity index (χ4v) is 2.80. The largest absolute Gasteiger partial charge is 0.466 e. The first-order valence-corrected chi connectivity index (χ1v) is 7.68. The van der Waals surface area contributed by atoms with E-state index < -0.39 is 0 Å². The number of thiazole rings is 1. The van der Waals surface area contributed by atoms with Crippen LogP contribution >= 0.6 is 11.3 Å². The lowest BCUT2D eigenvalue weighted by Crippen LogP contribution is -2.37. The van der Waals surface area contributed by atoms with Gasteiger partial charge in [-0.3, -0.25) is 9.59 Å². The highest BCUT2D eigenvalue weighted by atomic mass is 32.1. The van der Waals surface area contributed by atoms with Crippen LogP contribution in [-0.2, 0) is 20.7 Å². The molecule has 6 nitrogen and oxygen atoms in total. The van der Waals surface area contributed by atoms with E-state index in [2.05, 4.69) is 15.6 Å². The molecule has 1 aromatic heterocycles. The first-order chi connectivity index (χ1) is 9.69. The molecule has 0 bridgehead atoms. The van der Waals surface area contributed by atoms with E-state index in [9.17, 15) is 9.59 Å². The average molecular weight is 297 g/mol. The molecule has 1 atom stereocenters. The maximum absolute atomic E-state index is 12.0. The van der Waals surface area contributed by atoms with Gasteiger partial charge < -0.3 is 15.4 Å². The molecule has 1 saturated heterocycles. The van der Waals surface area contributed by atoms with Gasteiger partial charge in [0.1, 0.15) is 0 Å². The lowest BCUT2D eigenvalue weighted by atomic mass is 9.99. The molecule has 110 valence electrons. The topological polar surface area (TPSA) is 80.3 Å². The van der Waals surface area contributed by atoms with Gasteiger partial charge in [-0.15, -0.1) is 11.3 Å². The summed E-state index contributed by atoms with van der Waals surface area (Å²) >= 11 is 1.33. The van der Waals surface area contributed by atoms with Crippen molar-refractivity contribution in [2.75, 3.05) is 25.0 Å². The number of hydrogen-bond acceptors (Lipinski definition) is 6. The summed E-state index contributed by atoms with van der Waals surface area (Å²) in [5, 5.41) is 8.33. The molecule has 0 aliphatic carbocycles. The Balaban J connectivity index is 1.85. The van der Waals surface area contributed by atoms with Crippen molar-refractivity contribution in [2.45, 2.75) is 26.2 Å². The Labute approximate surface area is 121 Å². The zero-order valence-electron chi connectivity index (χ0n) is 11.5. The molecule has 0 saturated carbocycles. The summed E-state index contributed by atoms with van der Waals surface area (Å²) in [6.07, 6.45) is 2.06. The van der Waals surface area contributed by atoms with Gasteiger partial charge in [-0.2, -0.15) is 0 Å². The quantitative estimate of drug-likeness (QED) is 0.798. The highest BCUT2D eigenvalue weighted by molar-refractivity contribution is 7.13. The number of rotatable bonds is 5. The Kier molecular flexibility index (Phi) is 5.49. The Morgan fingerprint density at radius 3 is 3.15 bits per heavy atom. The normalized spacial score (nSPS) is 18.6. The smallest absolute Gasteiger partial charge is 0.311 e. The monoisotopic (exact) mass is 297 g/mol. The molecule has 1 aliphatic rings. The predicted octanol–water partition coefficient (Wildman–Crippen LogP) is 1.19. The third-order valence-electron chi connectivity index (χ3n) is 3.08. The number of piperidine rings is 1. The van der Waals surface area contributed by atoms with Gasteiger partial charge in [0.15, 0.2) is 5.13 Å². The number of hydrogen-bond donors (Lipinski definition) is 2. The van der Waals surface area contributed by atoms with Crippen molar-refractivity contribution in [3.63, 3.8) is 0 Å². The molecule has 0 radical (unpaired) electrons. The van der Waals surface area contributed by atoms with Crippen molar-refractivity contribution in [3.05, 3.63) is 11.1 Å². The van der Waals surface area contributed by atoms with E-state index in [0.717, 1.165) is 19.4 Å². The molecule has 0 aromatic carbocycles. The highest BCUT2D eigenvalue weighted by Gasteiger charge is 2.21. The van der Waals surface area contributed by atoms with E-state index >= 15 is 0 Å². The molecule has 2 rings (SSSR count). The summed E-state index contributed by atoms with van der Waals surface area (Å²) in [6.45, 7) is 3.82. The van der Waals surface area contributed by atoms with Crippen LogP contribution in [0.3, 0.4) is 0 Å². The number of nitrogens with zero attached hydrogens (tertiary/aromatic N) is 1. The van der Waals surface area contributed by atoms with Gasteiger partial charge in [-0.05, 0) is 26.3 Å². The van der Waals surface area contributed by atoms with Gasteiger partial charge in [0.25, 0.3) is 0 Å². The molecule has 1 amide bonds. The van der Waals surface area contributed by atoms with E-state index in [-0.39, 0.29) is 24.2 Å². The number of nitrogens with one attached hydrogen (secondary N) is 2. The average Bonchev–Trinajstić information content (AvgIpc) is 2.87. The van der Waals surface area contributed by atoms with E-state index in [1.54, 1.807) is 12.3 Å². The standard InChI is InChI=1S/C13H19N3O3S/c1-2-19-11(17)6-10-8-20-13(15-10)16-12(18)9-4-3-5-14-7-9/h8-9,14H,2-7H2,1H3,(H,15,16,18). The minimum atomic E-state index is -0.299. The van der Waals surface area contributed by atoms with Crippen LogP contribution in [0.5, 0.6) is 0 Å². The number of amides is 1. The molecule has 2 N–H and O–H groups in total. The summed E-state index contributed by atoms with van der Waals surface area (Å²) in [7, 11) is 0. The summed E-state index contributed by atoms with van der Waals surface area (Å²) < 4.78 is 4.86. The Hall–Kier alpha value is -1.47. The highest BCUT2D eigenvalue weighted by Crippen LogP contribution is 2.18. The van der Waals surface area contributed by atoms with E-state index in [1.807, 2.05) is 0 Å². The fourth-order valence-electron chi connectivity index (χ4n) is 2.09. The molecule has 1 aromatic rings. The van der Waals surface area contributed by atoms with Crippen molar-refractivity contribution >= 4 is 28.3 Å². The first kappa shape index (κ1) is 14.9. The lowest BCUT2D eigenvalue weighted by molar-refractivity contribution is -0.142.